The number of phosphoric ester groups is 1. The number of ether oxygens (including phenoxy) is 1. The average Bonchev–Trinajstić information content (AvgIpc) is 3.07. The van der Waals surface area contributed by atoms with Crippen molar-refractivity contribution in [1.29, 1.82) is 0 Å². The molecule has 4 N–H and O–H groups in total. The van der Waals surface area contributed by atoms with E-state index < -0.39 is 57.6 Å². The molecule has 0 aliphatic carbocycles. The van der Waals surface area contributed by atoms with E-state index in [0.717, 1.165) is 38.5 Å². The molecule has 0 aliphatic rings. The highest BCUT2D eigenvalue weighted by atomic mass is 31.2. The number of amides is 1. The fraction of sp³-hybridized carbons (Fsp3) is 0.919. The van der Waals surface area contributed by atoms with Gasteiger partial charge in [-0.15, -0.1) is 0 Å². The molecule has 0 saturated heterocycles. The van der Waals surface area contributed by atoms with Crippen molar-refractivity contribution in [3.8, 4) is 0 Å². The van der Waals surface area contributed by atoms with Gasteiger partial charge in [0.2, 0.25) is 5.91 Å². The molecule has 0 heterocycles. The van der Waals surface area contributed by atoms with Gasteiger partial charge in [0.05, 0.1) is 13.2 Å². The predicted molar refractivity (Wildman–Crippen MR) is 194 cm³/mol. The first kappa shape index (κ1) is 47.5. The maximum Gasteiger partial charge on any atom is 0.472 e. The number of aliphatic hydroxyl groups excluding tert-OH is 1. The Morgan fingerprint density at radius 3 is 1.35 bits per heavy atom. The number of aliphatic hydroxyl groups is 1. The van der Waals surface area contributed by atoms with E-state index in [9.17, 15) is 34.1 Å². The molecule has 0 saturated carbocycles. The van der Waals surface area contributed by atoms with Crippen molar-refractivity contribution >= 4 is 25.7 Å². The van der Waals surface area contributed by atoms with Crippen LogP contribution in [0.1, 0.15) is 187 Å². The highest BCUT2D eigenvalue weighted by Crippen LogP contribution is 2.43. The van der Waals surface area contributed by atoms with Gasteiger partial charge in [0.25, 0.3) is 0 Å². The van der Waals surface area contributed by atoms with Gasteiger partial charge in [-0.2, -0.15) is 0 Å². The Morgan fingerprint density at radius 2 is 0.939 bits per heavy atom. The predicted octanol–water partition coefficient (Wildman–Crippen LogP) is 9.17. The third kappa shape index (κ3) is 33.4. The number of esters is 1. The molecule has 0 aromatic heterocycles. The van der Waals surface area contributed by atoms with Crippen LogP contribution in [0.2, 0.25) is 0 Å². The lowest BCUT2D eigenvalue weighted by molar-refractivity contribution is -0.147. The number of carboxylic acid groups (broad SMARTS) is 1. The van der Waals surface area contributed by atoms with Gasteiger partial charge in [0.1, 0.15) is 12.7 Å². The number of carbonyl (C=O) groups excluding carboxylic acids is 2. The third-order valence-electron chi connectivity index (χ3n) is 8.65. The lowest BCUT2D eigenvalue weighted by Gasteiger charge is -2.18. The molecular weight excluding hydrogens is 649 g/mol. The largest absolute Gasteiger partial charge is 0.480 e. The molecule has 0 aliphatic heterocycles. The first-order valence-electron chi connectivity index (χ1n) is 19.6. The van der Waals surface area contributed by atoms with E-state index in [4.69, 9.17) is 13.8 Å². The van der Waals surface area contributed by atoms with Crippen LogP contribution in [0.3, 0.4) is 0 Å². The second kappa shape index (κ2) is 33.6. The second-order valence-corrected chi connectivity index (χ2v) is 14.9. The zero-order chi connectivity index (χ0) is 36.4. The van der Waals surface area contributed by atoms with Crippen LogP contribution in [0, 0.1) is 0 Å². The molecule has 0 aromatic carbocycles. The van der Waals surface area contributed by atoms with Gasteiger partial charge in [0.15, 0.2) is 6.04 Å². The fourth-order valence-corrected chi connectivity index (χ4v) is 6.32. The highest BCUT2D eigenvalue weighted by Gasteiger charge is 2.28. The molecule has 290 valence electrons. The van der Waals surface area contributed by atoms with E-state index in [-0.39, 0.29) is 12.8 Å². The smallest absolute Gasteiger partial charge is 0.472 e. The molecule has 0 bridgehead atoms. The van der Waals surface area contributed by atoms with Gasteiger partial charge in [-0.25, -0.2) is 9.36 Å². The molecule has 0 radical (unpaired) electrons. The van der Waals surface area contributed by atoms with Gasteiger partial charge in [-0.05, 0) is 12.8 Å². The van der Waals surface area contributed by atoms with Crippen LogP contribution >= 0.6 is 7.82 Å². The molecule has 0 fully saturated rings. The Balaban J connectivity index is 3.89. The summed E-state index contributed by atoms with van der Waals surface area (Å²) in [5, 5.41) is 21.7. The van der Waals surface area contributed by atoms with Crippen molar-refractivity contribution < 1.29 is 47.8 Å². The molecular formula is C37H72NO10P. The summed E-state index contributed by atoms with van der Waals surface area (Å²) in [7, 11) is -4.74. The van der Waals surface area contributed by atoms with E-state index in [1.807, 2.05) is 0 Å². The summed E-state index contributed by atoms with van der Waals surface area (Å²) in [5.74, 6) is -2.37. The zero-order valence-corrected chi connectivity index (χ0v) is 31.9. The Hall–Kier alpha value is -1.52. The number of hydrogen-bond acceptors (Lipinski definition) is 8. The third-order valence-corrected chi connectivity index (χ3v) is 9.60. The van der Waals surface area contributed by atoms with E-state index >= 15 is 0 Å². The summed E-state index contributed by atoms with van der Waals surface area (Å²) in [6.45, 7) is 2.54. The van der Waals surface area contributed by atoms with Crippen LogP contribution < -0.4 is 5.32 Å². The number of hydrogen-bond donors (Lipinski definition) is 4. The number of phosphoric acid groups is 1. The maximum absolute atomic E-state index is 12.3. The Kier molecular flexibility index (Phi) is 32.6. The van der Waals surface area contributed by atoms with Crippen molar-refractivity contribution in [2.45, 2.75) is 199 Å². The number of carbonyl (C=O) groups is 3. The fourth-order valence-electron chi connectivity index (χ4n) is 5.55. The van der Waals surface area contributed by atoms with Crippen molar-refractivity contribution in [2.75, 3.05) is 19.8 Å². The monoisotopic (exact) mass is 721 g/mol. The SMILES string of the molecule is CCCCCCCCCCCCCCCCCCCCC(=O)NC(COP(=O)(O)OCC(O)COC(=O)CCCCCCCCC)C(=O)O. The molecule has 3 unspecified atom stereocenters. The van der Waals surface area contributed by atoms with Crippen LogP contribution in [0.4, 0.5) is 0 Å². The van der Waals surface area contributed by atoms with E-state index in [1.54, 1.807) is 0 Å². The molecule has 11 nitrogen and oxygen atoms in total. The standard InChI is InChI=1S/C37H72NO10P/c1-3-5-7-9-11-12-13-14-15-16-17-18-19-20-21-23-24-26-28-35(40)38-34(37(42)43)32-48-49(44,45)47-31-33(39)30-46-36(41)29-27-25-22-10-8-6-4-2/h33-34,39H,3-32H2,1-2H3,(H,38,40)(H,42,43)(H,44,45). The molecule has 49 heavy (non-hydrogen) atoms. The molecule has 1 amide bonds. The first-order chi connectivity index (χ1) is 23.6. The van der Waals surface area contributed by atoms with Crippen molar-refractivity contribution in [1.82, 2.24) is 5.32 Å². The van der Waals surface area contributed by atoms with E-state index in [2.05, 4.69) is 19.2 Å². The quantitative estimate of drug-likeness (QED) is 0.0276. The first-order valence-corrected chi connectivity index (χ1v) is 21.1. The number of aliphatic carboxylic acids is 1. The summed E-state index contributed by atoms with van der Waals surface area (Å²) in [4.78, 5) is 45.6. The second-order valence-electron chi connectivity index (χ2n) is 13.5. The summed E-state index contributed by atoms with van der Waals surface area (Å²) in [6.07, 6.45) is 28.7. The topological polar surface area (TPSA) is 169 Å². The average molecular weight is 722 g/mol. The molecule has 0 spiro atoms. The Labute approximate surface area is 297 Å². The summed E-state index contributed by atoms with van der Waals surface area (Å²) in [5.41, 5.74) is 0. The number of unbranched alkanes of at least 4 members (excludes halogenated alkanes) is 23. The maximum atomic E-state index is 12.3. The number of nitrogens with one attached hydrogen (secondary N) is 1. The zero-order valence-electron chi connectivity index (χ0n) is 31.0. The minimum atomic E-state index is -4.74. The van der Waals surface area contributed by atoms with Crippen LogP contribution in [0.5, 0.6) is 0 Å². The number of carboxylic acids is 1. The molecule has 3 atom stereocenters. The van der Waals surface area contributed by atoms with Crippen LogP contribution in [-0.4, -0.2) is 64.9 Å². The van der Waals surface area contributed by atoms with Crippen LogP contribution in [0.15, 0.2) is 0 Å². The molecule has 0 rings (SSSR count). The van der Waals surface area contributed by atoms with Crippen LogP contribution in [-0.2, 0) is 32.7 Å². The minimum Gasteiger partial charge on any atom is -0.480 e. The highest BCUT2D eigenvalue weighted by molar-refractivity contribution is 7.47. The van der Waals surface area contributed by atoms with Crippen molar-refractivity contribution in [3.63, 3.8) is 0 Å². The van der Waals surface area contributed by atoms with Gasteiger partial charge in [0, 0.05) is 12.8 Å². The Bertz CT molecular complexity index is 859. The summed E-state index contributed by atoms with van der Waals surface area (Å²) < 4.78 is 26.6. The van der Waals surface area contributed by atoms with Gasteiger partial charge in [-0.3, -0.25) is 18.6 Å². The Morgan fingerprint density at radius 1 is 0.571 bits per heavy atom. The van der Waals surface area contributed by atoms with Gasteiger partial charge in [-0.1, -0.05) is 162 Å². The van der Waals surface area contributed by atoms with E-state index in [0.29, 0.717) is 12.8 Å². The van der Waals surface area contributed by atoms with Crippen LogP contribution in [0.25, 0.3) is 0 Å². The minimum absolute atomic E-state index is 0.152. The van der Waals surface area contributed by atoms with Crippen molar-refractivity contribution in [3.05, 3.63) is 0 Å². The molecule has 0 aromatic rings. The molecule has 12 heteroatoms. The number of rotatable bonds is 37. The lowest BCUT2D eigenvalue weighted by atomic mass is 10.0. The summed E-state index contributed by atoms with van der Waals surface area (Å²) >= 11 is 0. The normalized spacial score (nSPS) is 13.9. The van der Waals surface area contributed by atoms with Gasteiger partial charge < -0.3 is 25.2 Å². The van der Waals surface area contributed by atoms with Crippen molar-refractivity contribution in [2.24, 2.45) is 0 Å². The van der Waals surface area contributed by atoms with E-state index in [1.165, 1.54) is 109 Å². The summed E-state index contributed by atoms with van der Waals surface area (Å²) in [6, 6.07) is -1.54. The van der Waals surface area contributed by atoms with Gasteiger partial charge >= 0.3 is 19.8 Å². The lowest BCUT2D eigenvalue weighted by Crippen LogP contribution is -2.43.